The molecule has 0 spiro atoms. The summed E-state index contributed by atoms with van der Waals surface area (Å²) in [4.78, 5) is 22.6. The van der Waals surface area contributed by atoms with E-state index in [4.69, 9.17) is 9.47 Å². The molecule has 2 aliphatic rings. The summed E-state index contributed by atoms with van der Waals surface area (Å²) in [6, 6.07) is 0. The van der Waals surface area contributed by atoms with Crippen LogP contribution in [0.4, 0.5) is 0 Å². The van der Waals surface area contributed by atoms with Crippen LogP contribution in [0.25, 0.3) is 0 Å². The number of ether oxygens (including phenoxy) is 2. The molecule has 0 heterocycles. The molecule has 2 aliphatic carbocycles. The van der Waals surface area contributed by atoms with Crippen LogP contribution in [0.5, 0.6) is 0 Å². The van der Waals surface area contributed by atoms with E-state index in [0.717, 1.165) is 12.8 Å². The average molecular weight is 296 g/mol. The normalized spacial score (nSPS) is 33.0. The number of carbonyl (C=O) groups excluding carboxylic acids is 2. The molecule has 4 nitrogen and oxygen atoms in total. The van der Waals surface area contributed by atoms with Crippen LogP contribution < -0.4 is 0 Å². The summed E-state index contributed by atoms with van der Waals surface area (Å²) in [6.45, 7) is 8.69. The topological polar surface area (TPSA) is 52.6 Å². The molecule has 0 aromatic heterocycles. The number of esters is 2. The number of hydrogen-bond acceptors (Lipinski definition) is 4. The van der Waals surface area contributed by atoms with E-state index in [-0.39, 0.29) is 28.9 Å². The fourth-order valence-corrected chi connectivity index (χ4v) is 4.11. The van der Waals surface area contributed by atoms with Gasteiger partial charge in [0.05, 0.1) is 6.61 Å². The van der Waals surface area contributed by atoms with Crippen molar-refractivity contribution in [2.75, 3.05) is 6.61 Å². The van der Waals surface area contributed by atoms with Gasteiger partial charge >= 0.3 is 11.9 Å². The summed E-state index contributed by atoms with van der Waals surface area (Å²) in [5, 5.41) is 0. The standard InChI is InChI=1S/C17H28O4/c1-12(18)20-10-6-5-7-15(19)21-14-11-13-8-9-17(14,4)16(13,2)3/h13-14H,5-11H2,1-4H3/t13-,14+,17-/m1/s1. The van der Waals surface area contributed by atoms with Crippen LogP contribution in [-0.2, 0) is 19.1 Å². The fraction of sp³-hybridized carbons (Fsp3) is 0.882. The molecule has 2 saturated carbocycles. The number of fused-ring (bicyclic) bond motifs is 2. The lowest BCUT2D eigenvalue weighted by molar-refractivity contribution is -0.157. The van der Waals surface area contributed by atoms with Gasteiger partial charge in [-0.3, -0.25) is 9.59 Å². The third-order valence-corrected chi connectivity index (χ3v) is 6.07. The second-order valence-corrected chi connectivity index (χ2v) is 7.39. The van der Waals surface area contributed by atoms with E-state index < -0.39 is 0 Å². The van der Waals surface area contributed by atoms with Gasteiger partial charge in [-0.05, 0) is 43.4 Å². The van der Waals surface area contributed by atoms with Gasteiger partial charge in [-0.2, -0.15) is 0 Å². The van der Waals surface area contributed by atoms with E-state index in [1.807, 2.05) is 0 Å². The summed E-state index contributed by atoms with van der Waals surface area (Å²) in [5.74, 6) is 0.311. The molecule has 0 N–H and O–H groups in total. The third-order valence-electron chi connectivity index (χ3n) is 6.07. The van der Waals surface area contributed by atoms with Crippen molar-refractivity contribution in [3.05, 3.63) is 0 Å². The van der Waals surface area contributed by atoms with Crippen LogP contribution in [0, 0.1) is 16.7 Å². The first kappa shape index (κ1) is 16.3. The van der Waals surface area contributed by atoms with E-state index in [0.29, 0.717) is 31.8 Å². The molecular formula is C17H28O4. The molecule has 2 bridgehead atoms. The fourth-order valence-electron chi connectivity index (χ4n) is 4.11. The Bertz CT molecular complexity index is 415. The predicted octanol–water partition coefficient (Wildman–Crippen LogP) is 3.48. The molecule has 0 radical (unpaired) electrons. The Labute approximate surface area is 127 Å². The largest absolute Gasteiger partial charge is 0.466 e. The van der Waals surface area contributed by atoms with Gasteiger partial charge in [0.15, 0.2) is 0 Å². The van der Waals surface area contributed by atoms with Crippen molar-refractivity contribution in [1.29, 1.82) is 0 Å². The highest BCUT2D eigenvalue weighted by atomic mass is 16.5. The summed E-state index contributed by atoms with van der Waals surface area (Å²) >= 11 is 0. The first-order chi connectivity index (χ1) is 9.77. The molecular weight excluding hydrogens is 268 g/mol. The molecule has 0 saturated heterocycles. The van der Waals surface area contributed by atoms with Crippen LogP contribution in [0.3, 0.4) is 0 Å². The van der Waals surface area contributed by atoms with Crippen LogP contribution in [0.15, 0.2) is 0 Å². The lowest BCUT2D eigenvalue weighted by Gasteiger charge is -2.38. The van der Waals surface area contributed by atoms with Gasteiger partial charge in [-0.15, -0.1) is 0 Å². The first-order valence-corrected chi connectivity index (χ1v) is 8.10. The molecule has 4 heteroatoms. The van der Waals surface area contributed by atoms with Crippen LogP contribution in [0.2, 0.25) is 0 Å². The van der Waals surface area contributed by atoms with Gasteiger partial charge < -0.3 is 9.47 Å². The minimum Gasteiger partial charge on any atom is -0.466 e. The maximum Gasteiger partial charge on any atom is 0.306 e. The van der Waals surface area contributed by atoms with Crippen molar-refractivity contribution in [3.8, 4) is 0 Å². The van der Waals surface area contributed by atoms with Crippen molar-refractivity contribution in [2.45, 2.75) is 72.3 Å². The minimum atomic E-state index is -0.269. The number of rotatable bonds is 6. The maximum absolute atomic E-state index is 12.0. The molecule has 0 aromatic rings. The second-order valence-electron chi connectivity index (χ2n) is 7.39. The van der Waals surface area contributed by atoms with Crippen molar-refractivity contribution in [3.63, 3.8) is 0 Å². The van der Waals surface area contributed by atoms with E-state index in [2.05, 4.69) is 20.8 Å². The highest BCUT2D eigenvalue weighted by molar-refractivity contribution is 5.69. The lowest BCUT2D eigenvalue weighted by atomic mass is 9.70. The van der Waals surface area contributed by atoms with Gasteiger partial charge in [-0.25, -0.2) is 0 Å². The van der Waals surface area contributed by atoms with Crippen molar-refractivity contribution >= 4 is 11.9 Å². The first-order valence-electron chi connectivity index (χ1n) is 8.10. The zero-order valence-electron chi connectivity index (χ0n) is 13.7. The van der Waals surface area contributed by atoms with Gasteiger partial charge in [0.2, 0.25) is 0 Å². The third kappa shape index (κ3) is 3.09. The number of unbranched alkanes of at least 4 members (excludes halogenated alkanes) is 1. The van der Waals surface area contributed by atoms with Crippen molar-refractivity contribution in [1.82, 2.24) is 0 Å². The van der Waals surface area contributed by atoms with Crippen molar-refractivity contribution < 1.29 is 19.1 Å². The van der Waals surface area contributed by atoms with E-state index in [1.165, 1.54) is 13.3 Å². The van der Waals surface area contributed by atoms with Crippen molar-refractivity contribution in [2.24, 2.45) is 16.7 Å². The highest BCUT2D eigenvalue weighted by Crippen LogP contribution is 2.66. The molecule has 2 fully saturated rings. The van der Waals surface area contributed by atoms with Gasteiger partial charge in [-0.1, -0.05) is 20.8 Å². The van der Waals surface area contributed by atoms with Gasteiger partial charge in [0.25, 0.3) is 0 Å². The van der Waals surface area contributed by atoms with Crippen LogP contribution in [0.1, 0.15) is 66.2 Å². The van der Waals surface area contributed by atoms with E-state index in [9.17, 15) is 9.59 Å². The Morgan fingerprint density at radius 2 is 1.90 bits per heavy atom. The summed E-state index contributed by atoms with van der Waals surface area (Å²) in [5.41, 5.74) is 0.401. The smallest absolute Gasteiger partial charge is 0.306 e. The molecule has 0 aromatic carbocycles. The summed E-state index contributed by atoms with van der Waals surface area (Å²) in [7, 11) is 0. The Balaban J connectivity index is 1.73. The zero-order chi connectivity index (χ0) is 15.7. The Kier molecular flexibility index (Phi) is 4.64. The Morgan fingerprint density at radius 3 is 2.43 bits per heavy atom. The molecule has 3 atom stereocenters. The van der Waals surface area contributed by atoms with Crippen LogP contribution in [-0.4, -0.2) is 24.6 Å². The van der Waals surface area contributed by atoms with E-state index in [1.54, 1.807) is 0 Å². The number of carbonyl (C=O) groups is 2. The summed E-state index contributed by atoms with van der Waals surface area (Å²) in [6.07, 6.45) is 5.36. The molecule has 0 amide bonds. The van der Waals surface area contributed by atoms with E-state index >= 15 is 0 Å². The minimum absolute atomic E-state index is 0.0761. The Hall–Kier alpha value is -1.06. The predicted molar refractivity (Wildman–Crippen MR) is 79.6 cm³/mol. The quantitative estimate of drug-likeness (QED) is 0.556. The highest BCUT2D eigenvalue weighted by Gasteiger charge is 2.62. The number of hydrogen-bond donors (Lipinski definition) is 0. The van der Waals surface area contributed by atoms with Gasteiger partial charge in [0.1, 0.15) is 6.10 Å². The SMILES string of the molecule is CC(=O)OCCCCC(=O)O[C@H]1C[C@H]2CC[C@@]1(C)C2(C)C. The monoisotopic (exact) mass is 296 g/mol. The molecule has 0 unspecified atom stereocenters. The maximum atomic E-state index is 12.0. The molecule has 21 heavy (non-hydrogen) atoms. The van der Waals surface area contributed by atoms with Crippen LogP contribution >= 0.6 is 0 Å². The second kappa shape index (κ2) is 5.98. The average Bonchev–Trinajstić information content (AvgIpc) is 2.71. The Morgan fingerprint density at radius 1 is 1.19 bits per heavy atom. The molecule has 0 aliphatic heterocycles. The zero-order valence-corrected chi connectivity index (χ0v) is 13.7. The lowest BCUT2D eigenvalue weighted by Crippen LogP contribution is -2.38. The summed E-state index contributed by atoms with van der Waals surface area (Å²) < 4.78 is 10.6. The molecule has 2 rings (SSSR count). The van der Waals surface area contributed by atoms with Gasteiger partial charge in [0, 0.05) is 18.8 Å². The molecule has 120 valence electrons.